The number of halogens is 2. The van der Waals surface area contributed by atoms with E-state index in [1.165, 1.54) is 0 Å². The first-order valence-electron chi connectivity index (χ1n) is 6.88. The molecule has 2 rings (SSSR count). The van der Waals surface area contributed by atoms with Gasteiger partial charge >= 0.3 is 0 Å². The van der Waals surface area contributed by atoms with Crippen molar-refractivity contribution in [1.29, 1.82) is 0 Å². The molecule has 0 saturated heterocycles. The molecule has 0 bridgehead atoms. The van der Waals surface area contributed by atoms with Crippen LogP contribution in [0.3, 0.4) is 0 Å². The van der Waals surface area contributed by atoms with Crippen molar-refractivity contribution in [2.24, 2.45) is 0 Å². The van der Waals surface area contributed by atoms with E-state index < -0.39 is 0 Å². The zero-order valence-corrected chi connectivity index (χ0v) is 13.7. The van der Waals surface area contributed by atoms with Crippen LogP contribution in [0.1, 0.15) is 17.2 Å². The molecule has 0 aliphatic heterocycles. The van der Waals surface area contributed by atoms with Crippen molar-refractivity contribution >= 4 is 29.1 Å². The van der Waals surface area contributed by atoms with Gasteiger partial charge in [-0.3, -0.25) is 4.79 Å². The van der Waals surface area contributed by atoms with Gasteiger partial charge in [0.1, 0.15) is 6.10 Å². The van der Waals surface area contributed by atoms with Gasteiger partial charge in [-0.1, -0.05) is 53.5 Å². The molecule has 0 heterocycles. The first-order valence-corrected chi connectivity index (χ1v) is 7.64. The molecule has 3 nitrogen and oxygen atoms in total. The summed E-state index contributed by atoms with van der Waals surface area (Å²) in [5.74, 6) is -0.0728. The molecular formula is C17H17Cl2NO2. The predicted molar refractivity (Wildman–Crippen MR) is 89.4 cm³/mol. The van der Waals surface area contributed by atoms with E-state index in [9.17, 15) is 4.79 Å². The van der Waals surface area contributed by atoms with Crippen molar-refractivity contribution in [2.45, 2.75) is 12.5 Å². The fraction of sp³-hybridized carbons (Fsp3) is 0.235. The normalized spacial score (nSPS) is 12.0. The van der Waals surface area contributed by atoms with Crippen LogP contribution in [0.5, 0.6) is 0 Å². The molecule has 0 saturated carbocycles. The summed E-state index contributed by atoms with van der Waals surface area (Å²) in [6.45, 7) is 0.368. The van der Waals surface area contributed by atoms with Gasteiger partial charge in [-0.15, -0.1) is 0 Å². The lowest BCUT2D eigenvalue weighted by atomic mass is 10.1. The minimum absolute atomic E-state index is 0.0728. The van der Waals surface area contributed by atoms with Gasteiger partial charge in [0.2, 0.25) is 5.91 Å². The lowest BCUT2D eigenvalue weighted by Crippen LogP contribution is -2.30. The summed E-state index contributed by atoms with van der Waals surface area (Å²) < 4.78 is 5.42. The Hall–Kier alpha value is -1.55. The summed E-state index contributed by atoms with van der Waals surface area (Å²) in [6.07, 6.45) is 0.0266. The highest BCUT2D eigenvalue weighted by Gasteiger charge is 2.15. The van der Waals surface area contributed by atoms with Crippen LogP contribution in [-0.2, 0) is 16.0 Å². The van der Waals surface area contributed by atoms with Crippen molar-refractivity contribution < 1.29 is 9.53 Å². The molecule has 0 spiro atoms. The fourth-order valence-corrected chi connectivity index (χ4v) is 2.50. The zero-order chi connectivity index (χ0) is 15.9. The van der Waals surface area contributed by atoms with Gasteiger partial charge in [0, 0.05) is 29.3 Å². The van der Waals surface area contributed by atoms with Crippen LogP contribution in [0.2, 0.25) is 10.0 Å². The van der Waals surface area contributed by atoms with Crippen LogP contribution in [0, 0.1) is 0 Å². The second-order valence-electron chi connectivity index (χ2n) is 4.85. The molecule has 0 aromatic heterocycles. The molecule has 1 amide bonds. The minimum Gasteiger partial charge on any atom is -0.375 e. The topological polar surface area (TPSA) is 38.3 Å². The molecule has 0 radical (unpaired) electrons. The van der Waals surface area contributed by atoms with Crippen LogP contribution in [-0.4, -0.2) is 19.6 Å². The highest BCUT2D eigenvalue weighted by molar-refractivity contribution is 6.31. The first-order chi connectivity index (χ1) is 10.6. The van der Waals surface area contributed by atoms with E-state index in [1.54, 1.807) is 25.3 Å². The summed E-state index contributed by atoms with van der Waals surface area (Å²) >= 11 is 12.0. The number of carbonyl (C=O) groups is 1. The molecule has 2 aromatic carbocycles. The second-order valence-corrected chi connectivity index (χ2v) is 5.70. The summed E-state index contributed by atoms with van der Waals surface area (Å²) in [4.78, 5) is 12.0. The van der Waals surface area contributed by atoms with Crippen LogP contribution in [0.4, 0.5) is 0 Å². The number of carbonyl (C=O) groups excluding carboxylic acids is 1. The third-order valence-corrected chi connectivity index (χ3v) is 3.90. The maximum atomic E-state index is 12.0. The van der Waals surface area contributed by atoms with E-state index >= 15 is 0 Å². The van der Waals surface area contributed by atoms with Gasteiger partial charge < -0.3 is 10.1 Å². The first kappa shape index (κ1) is 16.8. The van der Waals surface area contributed by atoms with Crippen LogP contribution in [0.15, 0.2) is 48.5 Å². The molecule has 5 heteroatoms. The van der Waals surface area contributed by atoms with E-state index in [2.05, 4.69) is 5.32 Å². The maximum Gasteiger partial charge on any atom is 0.224 e. The average Bonchev–Trinajstić information content (AvgIpc) is 2.52. The van der Waals surface area contributed by atoms with Gasteiger partial charge in [-0.2, -0.15) is 0 Å². The molecule has 116 valence electrons. The predicted octanol–water partition coefficient (Wildman–Crippen LogP) is 4.04. The fourth-order valence-electron chi connectivity index (χ4n) is 2.11. The van der Waals surface area contributed by atoms with Gasteiger partial charge in [-0.25, -0.2) is 0 Å². The van der Waals surface area contributed by atoms with Crippen LogP contribution < -0.4 is 5.32 Å². The Morgan fingerprint density at radius 2 is 1.82 bits per heavy atom. The van der Waals surface area contributed by atoms with Crippen LogP contribution >= 0.6 is 23.2 Å². The summed E-state index contributed by atoms with van der Waals surface area (Å²) in [5, 5.41) is 4.15. The van der Waals surface area contributed by atoms with E-state index in [0.29, 0.717) is 23.0 Å². The number of benzene rings is 2. The van der Waals surface area contributed by atoms with Crippen molar-refractivity contribution in [3.8, 4) is 0 Å². The van der Waals surface area contributed by atoms with Gasteiger partial charge in [0.15, 0.2) is 0 Å². The van der Waals surface area contributed by atoms with E-state index in [0.717, 1.165) is 11.1 Å². The number of hydrogen-bond acceptors (Lipinski definition) is 2. The van der Waals surface area contributed by atoms with E-state index in [1.807, 2.05) is 30.3 Å². The average molecular weight is 338 g/mol. The molecule has 1 unspecified atom stereocenters. The Labute approximate surface area is 140 Å². The summed E-state index contributed by atoms with van der Waals surface area (Å²) in [6, 6.07) is 14.7. The largest absolute Gasteiger partial charge is 0.375 e. The van der Waals surface area contributed by atoms with Gasteiger partial charge in [0.25, 0.3) is 0 Å². The number of methoxy groups -OCH3 is 1. The van der Waals surface area contributed by atoms with Gasteiger partial charge in [0.05, 0.1) is 6.42 Å². The monoisotopic (exact) mass is 337 g/mol. The molecule has 22 heavy (non-hydrogen) atoms. The highest BCUT2D eigenvalue weighted by atomic mass is 35.5. The lowest BCUT2D eigenvalue weighted by Gasteiger charge is -2.17. The number of hydrogen-bond donors (Lipinski definition) is 1. The summed E-state index contributed by atoms with van der Waals surface area (Å²) in [5.41, 5.74) is 1.77. The minimum atomic E-state index is -0.275. The SMILES string of the molecule is COC(CNC(=O)Cc1ccc(Cl)cc1)c1ccccc1Cl. The Bertz CT molecular complexity index is 629. The van der Waals surface area contributed by atoms with Crippen molar-refractivity contribution in [3.63, 3.8) is 0 Å². The molecule has 1 N–H and O–H groups in total. The quantitative estimate of drug-likeness (QED) is 0.863. The Kier molecular flexibility index (Phi) is 6.25. The third-order valence-electron chi connectivity index (χ3n) is 3.30. The molecule has 0 fully saturated rings. The Morgan fingerprint density at radius 3 is 2.45 bits per heavy atom. The number of rotatable bonds is 6. The second kappa shape index (κ2) is 8.18. The molecule has 0 aliphatic carbocycles. The molecule has 2 aromatic rings. The van der Waals surface area contributed by atoms with Crippen molar-refractivity contribution in [2.75, 3.05) is 13.7 Å². The van der Waals surface area contributed by atoms with Gasteiger partial charge in [-0.05, 0) is 23.8 Å². The Balaban J connectivity index is 1.91. The van der Waals surface area contributed by atoms with E-state index in [4.69, 9.17) is 27.9 Å². The lowest BCUT2D eigenvalue weighted by molar-refractivity contribution is -0.121. The zero-order valence-electron chi connectivity index (χ0n) is 12.2. The number of nitrogens with one attached hydrogen (secondary N) is 1. The molecule has 0 aliphatic rings. The summed E-state index contributed by atoms with van der Waals surface area (Å²) in [7, 11) is 1.60. The highest BCUT2D eigenvalue weighted by Crippen LogP contribution is 2.24. The van der Waals surface area contributed by atoms with Crippen molar-refractivity contribution in [1.82, 2.24) is 5.32 Å². The smallest absolute Gasteiger partial charge is 0.224 e. The van der Waals surface area contributed by atoms with Crippen molar-refractivity contribution in [3.05, 3.63) is 69.7 Å². The number of ether oxygens (including phenoxy) is 1. The standard InChI is InChI=1S/C17H17Cl2NO2/c1-22-16(14-4-2-3-5-15(14)19)11-20-17(21)10-12-6-8-13(18)9-7-12/h2-9,16H,10-11H2,1H3,(H,20,21). The third kappa shape index (κ3) is 4.73. The van der Waals surface area contributed by atoms with Crippen LogP contribution in [0.25, 0.3) is 0 Å². The molecular weight excluding hydrogens is 321 g/mol. The Morgan fingerprint density at radius 1 is 1.14 bits per heavy atom. The number of amides is 1. The maximum absolute atomic E-state index is 12.0. The van der Waals surface area contributed by atoms with E-state index in [-0.39, 0.29) is 12.0 Å². The molecule has 1 atom stereocenters.